The molecule has 1 aromatic heterocycles. The summed E-state index contributed by atoms with van der Waals surface area (Å²) in [5.41, 5.74) is 3.91. The lowest BCUT2D eigenvalue weighted by molar-refractivity contribution is 0.0528. The van der Waals surface area contributed by atoms with Gasteiger partial charge in [0.05, 0.1) is 18.7 Å². The second kappa shape index (κ2) is 7.43. The van der Waals surface area contributed by atoms with Crippen LogP contribution < -0.4 is 4.74 Å². The first-order chi connectivity index (χ1) is 12.1. The van der Waals surface area contributed by atoms with Crippen molar-refractivity contribution >= 4 is 16.9 Å². The molecular weight excluding hydrogens is 314 g/mol. The highest BCUT2D eigenvalue weighted by Gasteiger charge is 2.15. The Kier molecular flexibility index (Phi) is 5.08. The average Bonchev–Trinajstić information content (AvgIpc) is 2.97. The Morgan fingerprint density at radius 1 is 1.12 bits per heavy atom. The number of esters is 1. The Morgan fingerprint density at radius 3 is 2.72 bits per heavy atom. The lowest BCUT2D eigenvalue weighted by atomic mass is 10.1. The number of fused-ring (bicyclic) bond motifs is 1. The number of aryl methyl sites for hydroxylation is 2. The van der Waals surface area contributed by atoms with Gasteiger partial charge in [-0.25, -0.2) is 4.79 Å². The van der Waals surface area contributed by atoms with Crippen molar-refractivity contribution in [3.05, 3.63) is 65.4 Å². The molecule has 0 N–H and O–H groups in total. The van der Waals surface area contributed by atoms with E-state index in [2.05, 4.69) is 19.1 Å². The summed E-state index contributed by atoms with van der Waals surface area (Å²) in [6, 6.07) is 14.1. The van der Waals surface area contributed by atoms with Crippen molar-refractivity contribution in [2.24, 2.45) is 0 Å². The molecule has 1 heterocycles. The van der Waals surface area contributed by atoms with E-state index in [1.165, 1.54) is 5.56 Å². The number of aromatic nitrogens is 1. The third kappa shape index (κ3) is 3.68. The number of hydrogen-bond acceptors (Lipinski definition) is 3. The van der Waals surface area contributed by atoms with Gasteiger partial charge in [0.15, 0.2) is 0 Å². The molecule has 4 nitrogen and oxygen atoms in total. The van der Waals surface area contributed by atoms with E-state index < -0.39 is 0 Å². The van der Waals surface area contributed by atoms with Crippen molar-refractivity contribution in [3.8, 4) is 5.75 Å². The van der Waals surface area contributed by atoms with E-state index in [-0.39, 0.29) is 5.97 Å². The summed E-state index contributed by atoms with van der Waals surface area (Å²) in [4.78, 5) is 12.2. The number of carbonyl (C=O) groups excluding carboxylic acids is 1. The molecule has 3 aromatic rings. The van der Waals surface area contributed by atoms with Gasteiger partial charge in [-0.05, 0) is 44.0 Å². The van der Waals surface area contributed by atoms with Gasteiger partial charge in [-0.15, -0.1) is 0 Å². The third-order valence-electron chi connectivity index (χ3n) is 4.22. The molecule has 3 rings (SSSR count). The molecule has 0 aliphatic rings. The molecule has 0 amide bonds. The maximum atomic E-state index is 12.2. The highest BCUT2D eigenvalue weighted by Crippen LogP contribution is 2.23. The molecular formula is C21H23NO3. The monoisotopic (exact) mass is 337 g/mol. The first kappa shape index (κ1) is 17.1. The highest BCUT2D eigenvalue weighted by molar-refractivity contribution is 6.04. The average molecular weight is 337 g/mol. The van der Waals surface area contributed by atoms with Crippen molar-refractivity contribution < 1.29 is 14.3 Å². The Labute approximate surface area is 148 Å². The van der Waals surface area contributed by atoms with Crippen molar-refractivity contribution in [1.82, 2.24) is 4.57 Å². The van der Waals surface area contributed by atoms with Crippen LogP contribution in [0.5, 0.6) is 5.75 Å². The molecule has 0 unspecified atom stereocenters. The summed E-state index contributed by atoms with van der Waals surface area (Å²) in [6.45, 7) is 7.47. The molecule has 0 atom stereocenters. The fraction of sp³-hybridized carbons (Fsp3) is 0.286. The van der Waals surface area contributed by atoms with Gasteiger partial charge in [-0.2, -0.15) is 0 Å². The van der Waals surface area contributed by atoms with Gasteiger partial charge in [0.2, 0.25) is 0 Å². The summed E-state index contributed by atoms with van der Waals surface area (Å²) in [7, 11) is 0. The fourth-order valence-electron chi connectivity index (χ4n) is 2.92. The number of benzene rings is 2. The zero-order valence-corrected chi connectivity index (χ0v) is 14.9. The van der Waals surface area contributed by atoms with Gasteiger partial charge >= 0.3 is 5.97 Å². The molecule has 130 valence electrons. The molecule has 0 aliphatic carbocycles. The minimum absolute atomic E-state index is 0.284. The zero-order valence-electron chi connectivity index (χ0n) is 14.9. The first-order valence-electron chi connectivity index (χ1n) is 8.55. The molecule has 0 saturated carbocycles. The quantitative estimate of drug-likeness (QED) is 0.621. The van der Waals surface area contributed by atoms with Crippen LogP contribution in [-0.2, 0) is 11.3 Å². The lowest BCUT2D eigenvalue weighted by Gasteiger charge is -2.11. The van der Waals surface area contributed by atoms with Crippen molar-refractivity contribution in [2.45, 2.75) is 27.3 Å². The predicted molar refractivity (Wildman–Crippen MR) is 99.3 cm³/mol. The fourth-order valence-corrected chi connectivity index (χ4v) is 2.92. The van der Waals surface area contributed by atoms with Crippen LogP contribution in [0.1, 0.15) is 28.4 Å². The maximum absolute atomic E-state index is 12.2. The van der Waals surface area contributed by atoms with E-state index in [0.29, 0.717) is 25.3 Å². The van der Waals surface area contributed by atoms with Gasteiger partial charge in [-0.3, -0.25) is 0 Å². The molecule has 0 saturated heterocycles. The number of rotatable bonds is 6. The Hall–Kier alpha value is -2.75. The summed E-state index contributed by atoms with van der Waals surface area (Å²) in [5, 5.41) is 0.910. The Bertz CT molecular complexity index is 895. The predicted octanol–water partition coefficient (Wildman–Crippen LogP) is 4.51. The van der Waals surface area contributed by atoms with Gasteiger partial charge in [0.1, 0.15) is 12.4 Å². The summed E-state index contributed by atoms with van der Waals surface area (Å²) < 4.78 is 13.2. The van der Waals surface area contributed by atoms with Crippen LogP contribution in [0.15, 0.2) is 48.7 Å². The molecule has 0 fully saturated rings. The number of para-hydroxylation sites is 1. The van der Waals surface area contributed by atoms with Crippen LogP contribution in [0.3, 0.4) is 0 Å². The Morgan fingerprint density at radius 2 is 1.92 bits per heavy atom. The normalized spacial score (nSPS) is 10.8. The van der Waals surface area contributed by atoms with Crippen molar-refractivity contribution in [2.75, 3.05) is 13.2 Å². The van der Waals surface area contributed by atoms with Crippen LogP contribution in [0.4, 0.5) is 0 Å². The maximum Gasteiger partial charge on any atom is 0.340 e. The van der Waals surface area contributed by atoms with E-state index in [1.54, 1.807) is 0 Å². The SMILES string of the molecule is CCOC(=O)c1cn(CCOc2cc(C)ccc2C)c2ccccc12. The number of hydrogen-bond donors (Lipinski definition) is 0. The zero-order chi connectivity index (χ0) is 17.8. The van der Waals surface area contributed by atoms with E-state index >= 15 is 0 Å². The third-order valence-corrected chi connectivity index (χ3v) is 4.22. The van der Waals surface area contributed by atoms with Gasteiger partial charge in [-0.1, -0.05) is 30.3 Å². The smallest absolute Gasteiger partial charge is 0.340 e. The first-order valence-corrected chi connectivity index (χ1v) is 8.55. The van der Waals surface area contributed by atoms with Crippen LogP contribution in [-0.4, -0.2) is 23.8 Å². The molecule has 0 bridgehead atoms. The van der Waals surface area contributed by atoms with Crippen LogP contribution >= 0.6 is 0 Å². The highest BCUT2D eigenvalue weighted by atomic mass is 16.5. The summed E-state index contributed by atoms with van der Waals surface area (Å²) in [6.07, 6.45) is 1.86. The van der Waals surface area contributed by atoms with Crippen LogP contribution in [0.2, 0.25) is 0 Å². The molecule has 0 spiro atoms. The lowest BCUT2D eigenvalue weighted by Crippen LogP contribution is -2.08. The van der Waals surface area contributed by atoms with Gasteiger partial charge in [0.25, 0.3) is 0 Å². The van der Waals surface area contributed by atoms with E-state index in [1.807, 2.05) is 54.9 Å². The second-order valence-corrected chi connectivity index (χ2v) is 6.09. The Balaban J connectivity index is 1.79. The molecule has 2 aromatic carbocycles. The van der Waals surface area contributed by atoms with Crippen molar-refractivity contribution in [1.29, 1.82) is 0 Å². The molecule has 4 heteroatoms. The van der Waals surface area contributed by atoms with E-state index in [4.69, 9.17) is 9.47 Å². The van der Waals surface area contributed by atoms with Crippen LogP contribution in [0.25, 0.3) is 10.9 Å². The standard InChI is InChI=1S/C21H23NO3/c1-4-24-21(23)18-14-22(19-8-6-5-7-17(18)19)11-12-25-20-13-15(2)9-10-16(20)3/h5-10,13-14H,4,11-12H2,1-3H3. The largest absolute Gasteiger partial charge is 0.491 e. The van der Waals surface area contributed by atoms with E-state index in [0.717, 1.165) is 22.2 Å². The van der Waals surface area contributed by atoms with Crippen LogP contribution in [0, 0.1) is 13.8 Å². The topological polar surface area (TPSA) is 40.5 Å². The van der Waals surface area contributed by atoms with Crippen molar-refractivity contribution in [3.63, 3.8) is 0 Å². The molecule has 25 heavy (non-hydrogen) atoms. The van der Waals surface area contributed by atoms with Gasteiger partial charge in [0, 0.05) is 17.1 Å². The molecule has 0 aliphatic heterocycles. The number of ether oxygens (including phenoxy) is 2. The van der Waals surface area contributed by atoms with Gasteiger partial charge < -0.3 is 14.0 Å². The minimum Gasteiger partial charge on any atom is -0.491 e. The number of nitrogens with zero attached hydrogens (tertiary/aromatic N) is 1. The minimum atomic E-state index is -0.284. The molecule has 0 radical (unpaired) electrons. The van der Waals surface area contributed by atoms with E-state index in [9.17, 15) is 4.79 Å². The summed E-state index contributed by atoms with van der Waals surface area (Å²) in [5.74, 6) is 0.620. The second-order valence-electron chi connectivity index (χ2n) is 6.09. The number of carbonyl (C=O) groups is 1. The summed E-state index contributed by atoms with van der Waals surface area (Å²) >= 11 is 0.